The molecule has 0 atom stereocenters. The molecule has 2 rings (SSSR count). The highest BCUT2D eigenvalue weighted by Crippen LogP contribution is 2.17. The van der Waals surface area contributed by atoms with Gasteiger partial charge in [-0.15, -0.1) is 0 Å². The van der Waals surface area contributed by atoms with Gasteiger partial charge in [0.05, 0.1) is 12.3 Å². The van der Waals surface area contributed by atoms with Crippen molar-refractivity contribution in [3.05, 3.63) is 42.7 Å². The van der Waals surface area contributed by atoms with Gasteiger partial charge in [-0.2, -0.15) is 0 Å². The van der Waals surface area contributed by atoms with Gasteiger partial charge in [0.2, 0.25) is 5.88 Å². The minimum atomic E-state index is 0.691. The van der Waals surface area contributed by atoms with Gasteiger partial charge in [0, 0.05) is 24.0 Å². The van der Waals surface area contributed by atoms with Crippen molar-refractivity contribution in [2.24, 2.45) is 0 Å². The molecule has 2 aromatic heterocycles. The van der Waals surface area contributed by atoms with Crippen molar-refractivity contribution in [2.75, 3.05) is 6.61 Å². The fourth-order valence-corrected chi connectivity index (χ4v) is 1.86. The van der Waals surface area contributed by atoms with Gasteiger partial charge < -0.3 is 4.74 Å². The number of unbranched alkanes of at least 4 members (excludes halogenated alkanes) is 3. The van der Waals surface area contributed by atoms with Crippen molar-refractivity contribution >= 4 is 0 Å². The SMILES string of the molecule is CCCCCCOc1ccc(-c2ccccn2)cn1. The summed E-state index contributed by atoms with van der Waals surface area (Å²) in [5.74, 6) is 0.691. The van der Waals surface area contributed by atoms with Gasteiger partial charge in [-0.25, -0.2) is 4.98 Å². The maximum Gasteiger partial charge on any atom is 0.213 e. The molecule has 2 aromatic rings. The van der Waals surface area contributed by atoms with Crippen LogP contribution in [0.1, 0.15) is 32.6 Å². The molecule has 0 N–H and O–H groups in total. The van der Waals surface area contributed by atoms with E-state index in [1.165, 1.54) is 19.3 Å². The molecule has 100 valence electrons. The molecular formula is C16H20N2O. The smallest absolute Gasteiger partial charge is 0.213 e. The third-order valence-electron chi connectivity index (χ3n) is 2.94. The Balaban J connectivity index is 1.85. The van der Waals surface area contributed by atoms with E-state index >= 15 is 0 Å². The molecule has 0 aliphatic heterocycles. The van der Waals surface area contributed by atoms with Gasteiger partial charge in [0.25, 0.3) is 0 Å². The average molecular weight is 256 g/mol. The van der Waals surface area contributed by atoms with Crippen LogP contribution in [0.3, 0.4) is 0 Å². The van der Waals surface area contributed by atoms with Gasteiger partial charge >= 0.3 is 0 Å². The van der Waals surface area contributed by atoms with Crippen LogP contribution in [0.15, 0.2) is 42.7 Å². The first-order valence-corrected chi connectivity index (χ1v) is 6.90. The Bertz CT molecular complexity index is 468. The standard InChI is InChI=1S/C16H20N2O/c1-2-3-4-7-12-19-16-10-9-14(13-18-16)15-8-5-6-11-17-15/h5-6,8-11,13H,2-4,7,12H2,1H3. The van der Waals surface area contributed by atoms with Crippen molar-refractivity contribution in [3.63, 3.8) is 0 Å². The number of aromatic nitrogens is 2. The topological polar surface area (TPSA) is 35.0 Å². The van der Waals surface area contributed by atoms with E-state index in [4.69, 9.17) is 4.74 Å². The second-order valence-electron chi connectivity index (χ2n) is 4.51. The van der Waals surface area contributed by atoms with E-state index in [9.17, 15) is 0 Å². The first kappa shape index (κ1) is 13.5. The Morgan fingerprint density at radius 2 is 1.95 bits per heavy atom. The van der Waals surface area contributed by atoms with Gasteiger partial charge in [0.15, 0.2) is 0 Å². The summed E-state index contributed by atoms with van der Waals surface area (Å²) in [5.41, 5.74) is 1.95. The van der Waals surface area contributed by atoms with Crippen LogP contribution in [-0.4, -0.2) is 16.6 Å². The van der Waals surface area contributed by atoms with Crippen LogP contribution in [0, 0.1) is 0 Å². The molecule has 0 bridgehead atoms. The molecule has 0 spiro atoms. The van der Waals surface area contributed by atoms with Gasteiger partial charge in [-0.1, -0.05) is 32.3 Å². The minimum Gasteiger partial charge on any atom is -0.478 e. The molecule has 0 saturated heterocycles. The summed E-state index contributed by atoms with van der Waals surface area (Å²) in [5, 5.41) is 0. The maximum atomic E-state index is 5.61. The molecule has 3 heteroatoms. The number of nitrogens with zero attached hydrogens (tertiary/aromatic N) is 2. The zero-order chi connectivity index (χ0) is 13.3. The second-order valence-corrected chi connectivity index (χ2v) is 4.51. The zero-order valence-corrected chi connectivity index (χ0v) is 11.4. The Hall–Kier alpha value is -1.90. The lowest BCUT2D eigenvalue weighted by molar-refractivity contribution is 0.294. The maximum absolute atomic E-state index is 5.61. The highest BCUT2D eigenvalue weighted by Gasteiger charge is 2.00. The molecule has 0 radical (unpaired) electrons. The molecule has 0 aliphatic carbocycles. The van der Waals surface area contributed by atoms with Crippen LogP contribution in [0.5, 0.6) is 5.88 Å². The van der Waals surface area contributed by atoms with Crippen LogP contribution >= 0.6 is 0 Å². The fourth-order valence-electron chi connectivity index (χ4n) is 1.86. The van der Waals surface area contributed by atoms with Crippen molar-refractivity contribution in [1.82, 2.24) is 9.97 Å². The molecule has 0 fully saturated rings. The van der Waals surface area contributed by atoms with Crippen LogP contribution in [0.2, 0.25) is 0 Å². The molecule has 0 amide bonds. The zero-order valence-electron chi connectivity index (χ0n) is 11.4. The first-order chi connectivity index (χ1) is 9.40. The quantitative estimate of drug-likeness (QED) is 0.699. The van der Waals surface area contributed by atoms with Gasteiger partial charge in [-0.3, -0.25) is 4.98 Å². The second kappa shape index (κ2) is 7.52. The number of hydrogen-bond acceptors (Lipinski definition) is 3. The Morgan fingerprint density at radius 1 is 1.00 bits per heavy atom. The number of pyridine rings is 2. The van der Waals surface area contributed by atoms with Gasteiger partial charge in [0.1, 0.15) is 0 Å². The molecule has 19 heavy (non-hydrogen) atoms. The lowest BCUT2D eigenvalue weighted by Crippen LogP contribution is -1.99. The molecule has 0 aromatic carbocycles. The van der Waals surface area contributed by atoms with Crippen molar-refractivity contribution in [1.29, 1.82) is 0 Å². The molecule has 2 heterocycles. The number of hydrogen-bond donors (Lipinski definition) is 0. The summed E-state index contributed by atoms with van der Waals surface area (Å²) >= 11 is 0. The average Bonchev–Trinajstić information content (AvgIpc) is 2.49. The molecule has 3 nitrogen and oxygen atoms in total. The number of ether oxygens (including phenoxy) is 1. The lowest BCUT2D eigenvalue weighted by Gasteiger charge is -2.05. The van der Waals surface area contributed by atoms with Gasteiger partial charge in [-0.05, 0) is 24.6 Å². The van der Waals surface area contributed by atoms with Crippen LogP contribution in [-0.2, 0) is 0 Å². The van der Waals surface area contributed by atoms with Crippen LogP contribution in [0.25, 0.3) is 11.3 Å². The minimum absolute atomic E-state index is 0.691. The molecule has 0 unspecified atom stereocenters. The molecular weight excluding hydrogens is 236 g/mol. The highest BCUT2D eigenvalue weighted by molar-refractivity contribution is 5.57. The van der Waals surface area contributed by atoms with Crippen LogP contribution < -0.4 is 4.74 Å². The van der Waals surface area contributed by atoms with E-state index < -0.39 is 0 Å². The predicted octanol–water partition coefficient (Wildman–Crippen LogP) is 4.10. The third kappa shape index (κ3) is 4.36. The van der Waals surface area contributed by atoms with Crippen molar-refractivity contribution in [3.8, 4) is 17.1 Å². The summed E-state index contributed by atoms with van der Waals surface area (Å²) in [6, 6.07) is 9.76. The Morgan fingerprint density at radius 3 is 2.63 bits per heavy atom. The van der Waals surface area contributed by atoms with E-state index in [2.05, 4.69) is 16.9 Å². The Labute approximate surface area is 114 Å². The lowest BCUT2D eigenvalue weighted by atomic mass is 10.2. The molecule has 0 saturated carbocycles. The fraction of sp³-hybridized carbons (Fsp3) is 0.375. The first-order valence-electron chi connectivity index (χ1n) is 6.90. The van der Waals surface area contributed by atoms with E-state index in [0.29, 0.717) is 5.88 Å². The Kier molecular flexibility index (Phi) is 5.35. The summed E-state index contributed by atoms with van der Waals surface area (Å²) < 4.78 is 5.61. The monoisotopic (exact) mass is 256 g/mol. The number of rotatable bonds is 7. The van der Waals surface area contributed by atoms with Crippen molar-refractivity contribution in [2.45, 2.75) is 32.6 Å². The molecule has 0 aliphatic rings. The van der Waals surface area contributed by atoms with E-state index in [1.54, 1.807) is 6.20 Å². The summed E-state index contributed by atoms with van der Waals surface area (Å²) in [7, 11) is 0. The summed E-state index contributed by atoms with van der Waals surface area (Å²) in [6.45, 7) is 2.95. The van der Waals surface area contributed by atoms with Crippen LogP contribution in [0.4, 0.5) is 0 Å². The van der Waals surface area contributed by atoms with Crippen molar-refractivity contribution < 1.29 is 4.74 Å². The normalized spacial score (nSPS) is 10.4. The summed E-state index contributed by atoms with van der Waals surface area (Å²) in [6.07, 6.45) is 8.43. The van der Waals surface area contributed by atoms with E-state index in [1.807, 2.05) is 36.5 Å². The largest absolute Gasteiger partial charge is 0.478 e. The van der Waals surface area contributed by atoms with E-state index in [-0.39, 0.29) is 0 Å². The predicted molar refractivity (Wildman–Crippen MR) is 77.1 cm³/mol. The summed E-state index contributed by atoms with van der Waals surface area (Å²) in [4.78, 5) is 8.60. The third-order valence-corrected chi connectivity index (χ3v) is 2.94. The van der Waals surface area contributed by atoms with E-state index in [0.717, 1.165) is 24.3 Å². The highest BCUT2D eigenvalue weighted by atomic mass is 16.5.